The van der Waals surface area contributed by atoms with Crippen LogP contribution in [-0.4, -0.2) is 42.6 Å². The summed E-state index contributed by atoms with van der Waals surface area (Å²) in [5.74, 6) is -0.888. The van der Waals surface area contributed by atoms with Crippen LogP contribution in [0.2, 0.25) is 0 Å². The fraction of sp³-hybridized carbons (Fsp3) is 0.889. The molecule has 0 bridgehead atoms. The molecule has 1 aliphatic carbocycles. The summed E-state index contributed by atoms with van der Waals surface area (Å²) in [6.07, 6.45) is 3.23. The first-order chi connectivity index (χ1) is 6.85. The van der Waals surface area contributed by atoms with Gasteiger partial charge in [-0.1, -0.05) is 6.42 Å². The zero-order chi connectivity index (χ0) is 11.6. The lowest BCUT2D eigenvalue weighted by Gasteiger charge is -2.30. The summed E-state index contributed by atoms with van der Waals surface area (Å²) in [6, 6.07) is 0. The van der Waals surface area contributed by atoms with Crippen molar-refractivity contribution in [3.05, 3.63) is 0 Å². The lowest BCUT2D eigenvalue weighted by molar-refractivity contribution is -0.136. The van der Waals surface area contributed by atoms with Gasteiger partial charge in [0, 0.05) is 13.6 Å². The van der Waals surface area contributed by atoms with Gasteiger partial charge in [-0.05, 0) is 25.7 Å². The Morgan fingerprint density at radius 1 is 1.53 bits per heavy atom. The summed E-state index contributed by atoms with van der Waals surface area (Å²) in [4.78, 5) is 10.6. The van der Waals surface area contributed by atoms with Gasteiger partial charge in [-0.2, -0.15) is 0 Å². The maximum atomic E-state index is 11.7. The van der Waals surface area contributed by atoms with Crippen LogP contribution in [0, 0.1) is 5.92 Å². The van der Waals surface area contributed by atoms with E-state index in [1.165, 1.54) is 18.3 Å². The molecule has 1 unspecified atom stereocenters. The second-order valence-corrected chi connectivity index (χ2v) is 6.46. The largest absolute Gasteiger partial charge is 0.480 e. The maximum absolute atomic E-state index is 11.7. The van der Waals surface area contributed by atoms with Crippen molar-refractivity contribution >= 4 is 16.0 Å². The molecule has 0 radical (unpaired) electrons. The topological polar surface area (TPSA) is 74.7 Å². The van der Waals surface area contributed by atoms with E-state index >= 15 is 0 Å². The van der Waals surface area contributed by atoms with Crippen molar-refractivity contribution in [2.24, 2.45) is 5.92 Å². The van der Waals surface area contributed by atoms with E-state index in [1.807, 2.05) is 0 Å². The zero-order valence-corrected chi connectivity index (χ0v) is 9.83. The number of sulfonamides is 1. The Bertz CT molecular complexity index is 334. The second-order valence-electron chi connectivity index (χ2n) is 4.10. The summed E-state index contributed by atoms with van der Waals surface area (Å²) in [5, 5.41) is 7.31. The zero-order valence-electron chi connectivity index (χ0n) is 9.01. The Labute approximate surface area is 90.1 Å². The van der Waals surface area contributed by atoms with Gasteiger partial charge in [0.15, 0.2) is 5.25 Å². The number of hydrogen-bond acceptors (Lipinski definition) is 3. The van der Waals surface area contributed by atoms with Gasteiger partial charge in [0.1, 0.15) is 0 Å². The molecule has 1 fully saturated rings. The summed E-state index contributed by atoms with van der Waals surface area (Å²) in [7, 11) is -2.22. The first-order valence-electron chi connectivity index (χ1n) is 5.03. The van der Waals surface area contributed by atoms with E-state index in [-0.39, 0.29) is 0 Å². The minimum absolute atomic E-state index is 0.408. The van der Waals surface area contributed by atoms with E-state index in [4.69, 9.17) is 5.11 Å². The molecule has 0 aliphatic heterocycles. The summed E-state index contributed by atoms with van der Waals surface area (Å²) in [5.41, 5.74) is 0. The Hall–Kier alpha value is -0.620. The Morgan fingerprint density at radius 2 is 2.07 bits per heavy atom. The van der Waals surface area contributed by atoms with E-state index in [2.05, 4.69) is 0 Å². The Morgan fingerprint density at radius 3 is 2.40 bits per heavy atom. The molecule has 1 N–H and O–H groups in total. The van der Waals surface area contributed by atoms with Crippen LogP contribution in [0.3, 0.4) is 0 Å². The minimum atomic E-state index is -3.68. The van der Waals surface area contributed by atoms with Gasteiger partial charge in [0.25, 0.3) is 0 Å². The van der Waals surface area contributed by atoms with Gasteiger partial charge >= 0.3 is 5.97 Å². The first-order valence-corrected chi connectivity index (χ1v) is 6.54. The molecule has 0 heterocycles. The molecule has 0 aromatic heterocycles. The van der Waals surface area contributed by atoms with Crippen LogP contribution in [0.5, 0.6) is 0 Å². The highest BCUT2D eigenvalue weighted by atomic mass is 32.2. The molecular formula is C9H17NO4S. The van der Waals surface area contributed by atoms with Crippen molar-refractivity contribution in [1.82, 2.24) is 4.31 Å². The summed E-state index contributed by atoms with van der Waals surface area (Å²) >= 11 is 0. The number of hydrogen-bond donors (Lipinski definition) is 1. The average Bonchev–Trinajstić information content (AvgIpc) is 2.09. The number of carboxylic acids is 1. The molecule has 0 saturated heterocycles. The molecule has 6 heteroatoms. The van der Waals surface area contributed by atoms with Crippen LogP contribution in [0.4, 0.5) is 0 Å². The third kappa shape index (κ3) is 2.69. The number of aliphatic carboxylic acids is 1. The second kappa shape index (κ2) is 4.49. The van der Waals surface area contributed by atoms with Gasteiger partial charge in [-0.15, -0.1) is 0 Å². The van der Waals surface area contributed by atoms with Crippen molar-refractivity contribution < 1.29 is 18.3 Å². The van der Waals surface area contributed by atoms with Crippen LogP contribution < -0.4 is 0 Å². The lowest BCUT2D eigenvalue weighted by atomic mass is 9.86. The van der Waals surface area contributed by atoms with Crippen molar-refractivity contribution in [2.75, 3.05) is 13.6 Å². The van der Waals surface area contributed by atoms with Gasteiger partial charge < -0.3 is 5.11 Å². The number of rotatable bonds is 5. The van der Waals surface area contributed by atoms with Crippen molar-refractivity contribution in [1.29, 1.82) is 0 Å². The normalized spacial score (nSPS) is 19.9. The fourth-order valence-corrected chi connectivity index (χ4v) is 2.75. The number of nitrogens with zero attached hydrogens (tertiary/aromatic N) is 1. The maximum Gasteiger partial charge on any atom is 0.323 e. The standard InChI is InChI=1S/C9H17NO4S/c1-7(9(11)12)15(13,14)10(2)6-8-4-3-5-8/h7-8H,3-6H2,1-2H3,(H,11,12). The van der Waals surface area contributed by atoms with Gasteiger partial charge in [-0.3, -0.25) is 4.79 Å². The molecule has 1 saturated carbocycles. The molecule has 15 heavy (non-hydrogen) atoms. The molecule has 1 aliphatic rings. The predicted molar refractivity (Wildman–Crippen MR) is 56.0 cm³/mol. The Balaban J connectivity index is 2.63. The Kier molecular flexibility index (Phi) is 3.72. The SMILES string of the molecule is CC(C(=O)O)S(=O)(=O)N(C)CC1CCC1. The predicted octanol–water partition coefficient (Wildman–Crippen LogP) is 0.521. The van der Waals surface area contributed by atoms with Crippen molar-refractivity contribution in [2.45, 2.75) is 31.4 Å². The van der Waals surface area contributed by atoms with Crippen LogP contribution in [0.1, 0.15) is 26.2 Å². The highest BCUT2D eigenvalue weighted by molar-refractivity contribution is 7.90. The molecule has 0 amide bonds. The smallest absolute Gasteiger partial charge is 0.323 e. The number of carboxylic acid groups (broad SMARTS) is 1. The summed E-state index contributed by atoms with van der Waals surface area (Å²) in [6.45, 7) is 1.65. The highest BCUT2D eigenvalue weighted by Crippen LogP contribution is 2.27. The molecule has 0 aromatic rings. The monoisotopic (exact) mass is 235 g/mol. The molecule has 88 valence electrons. The molecule has 0 spiro atoms. The van der Waals surface area contributed by atoms with E-state index in [0.29, 0.717) is 12.5 Å². The fourth-order valence-electron chi connectivity index (χ4n) is 1.54. The highest BCUT2D eigenvalue weighted by Gasteiger charge is 2.33. The molecule has 5 nitrogen and oxygen atoms in total. The van der Waals surface area contributed by atoms with Crippen LogP contribution in [0.25, 0.3) is 0 Å². The quantitative estimate of drug-likeness (QED) is 0.754. The first kappa shape index (κ1) is 12.4. The number of carbonyl (C=O) groups is 1. The lowest BCUT2D eigenvalue weighted by Crippen LogP contribution is -2.42. The van der Waals surface area contributed by atoms with E-state index in [9.17, 15) is 13.2 Å². The third-order valence-corrected chi connectivity index (χ3v) is 5.08. The molecule has 0 aromatic carbocycles. The van der Waals surface area contributed by atoms with Gasteiger partial charge in [0.2, 0.25) is 10.0 Å². The minimum Gasteiger partial charge on any atom is -0.480 e. The van der Waals surface area contributed by atoms with Gasteiger partial charge in [0.05, 0.1) is 0 Å². The average molecular weight is 235 g/mol. The van der Waals surface area contributed by atoms with Crippen LogP contribution in [-0.2, 0) is 14.8 Å². The van der Waals surface area contributed by atoms with Crippen LogP contribution in [0.15, 0.2) is 0 Å². The molecule has 1 atom stereocenters. The van der Waals surface area contributed by atoms with E-state index < -0.39 is 21.2 Å². The third-order valence-electron chi connectivity index (χ3n) is 2.97. The van der Waals surface area contributed by atoms with Gasteiger partial charge in [-0.25, -0.2) is 12.7 Å². The molecule has 1 rings (SSSR count). The van der Waals surface area contributed by atoms with Crippen LogP contribution >= 0.6 is 0 Å². The van der Waals surface area contributed by atoms with E-state index in [0.717, 1.165) is 19.3 Å². The van der Waals surface area contributed by atoms with E-state index in [1.54, 1.807) is 0 Å². The van der Waals surface area contributed by atoms with Crippen molar-refractivity contribution in [3.8, 4) is 0 Å². The van der Waals surface area contributed by atoms with Crippen molar-refractivity contribution in [3.63, 3.8) is 0 Å². The summed E-state index contributed by atoms with van der Waals surface area (Å²) < 4.78 is 24.6. The molecular weight excluding hydrogens is 218 g/mol.